The lowest BCUT2D eigenvalue weighted by molar-refractivity contribution is 0.0946. The molecular weight excluding hydrogens is 271 g/mol. The van der Waals surface area contributed by atoms with Crippen LogP contribution >= 0.6 is 23.2 Å². The van der Waals surface area contributed by atoms with Crippen molar-refractivity contribution < 1.29 is 4.79 Å². The highest BCUT2D eigenvalue weighted by molar-refractivity contribution is 6.39. The van der Waals surface area contributed by atoms with Crippen molar-refractivity contribution in [2.45, 2.75) is 26.7 Å². The second-order valence-electron chi connectivity index (χ2n) is 4.25. The Bertz CT molecular complexity index is 408. The highest BCUT2D eigenvalue weighted by atomic mass is 35.5. The molecule has 0 unspecified atom stereocenters. The van der Waals surface area contributed by atoms with Crippen LogP contribution in [0, 0.1) is 5.92 Å². The summed E-state index contributed by atoms with van der Waals surface area (Å²) in [6.45, 7) is 4.87. The molecule has 1 aromatic rings. The first-order valence-electron chi connectivity index (χ1n) is 6.02. The normalized spacial score (nSPS) is 10.7. The van der Waals surface area contributed by atoms with Gasteiger partial charge in [0.15, 0.2) is 0 Å². The van der Waals surface area contributed by atoms with E-state index in [0.29, 0.717) is 33.8 Å². The number of nitrogens with one attached hydrogen (secondary N) is 1. The number of carbonyl (C=O) groups excluding carboxylic acids is 1. The summed E-state index contributed by atoms with van der Waals surface area (Å²) < 4.78 is 0. The predicted molar refractivity (Wildman–Crippen MR) is 77.3 cm³/mol. The minimum absolute atomic E-state index is 0.175. The van der Waals surface area contributed by atoms with Gasteiger partial charge in [-0.25, -0.2) is 0 Å². The SMILES string of the molecule is CCC(CC)CNC(=O)c1cc(Cl)c(N)c(Cl)c1. The minimum Gasteiger partial charge on any atom is -0.396 e. The van der Waals surface area contributed by atoms with Gasteiger partial charge in [-0.3, -0.25) is 4.79 Å². The van der Waals surface area contributed by atoms with E-state index >= 15 is 0 Å². The highest BCUT2D eigenvalue weighted by Crippen LogP contribution is 2.28. The first kappa shape index (κ1) is 15.1. The third-order valence-electron chi connectivity index (χ3n) is 3.05. The Labute approximate surface area is 118 Å². The number of benzene rings is 1. The first-order chi connectivity index (χ1) is 8.49. The van der Waals surface area contributed by atoms with Crippen LogP contribution in [0.25, 0.3) is 0 Å². The molecule has 3 N–H and O–H groups in total. The van der Waals surface area contributed by atoms with E-state index in [1.165, 1.54) is 12.1 Å². The maximum absolute atomic E-state index is 11.9. The monoisotopic (exact) mass is 288 g/mol. The molecule has 0 fully saturated rings. The molecule has 0 bridgehead atoms. The Hall–Kier alpha value is -0.930. The van der Waals surface area contributed by atoms with Crippen LogP contribution in [-0.2, 0) is 0 Å². The molecule has 1 aromatic carbocycles. The molecule has 0 radical (unpaired) electrons. The molecule has 5 heteroatoms. The van der Waals surface area contributed by atoms with Crippen molar-refractivity contribution in [3.8, 4) is 0 Å². The molecule has 18 heavy (non-hydrogen) atoms. The third-order valence-corrected chi connectivity index (χ3v) is 3.67. The Morgan fingerprint density at radius 3 is 2.22 bits per heavy atom. The van der Waals surface area contributed by atoms with Crippen LogP contribution in [0.15, 0.2) is 12.1 Å². The van der Waals surface area contributed by atoms with Gasteiger partial charge in [0.05, 0.1) is 15.7 Å². The van der Waals surface area contributed by atoms with Gasteiger partial charge >= 0.3 is 0 Å². The van der Waals surface area contributed by atoms with Gasteiger partial charge in [0, 0.05) is 12.1 Å². The molecule has 3 nitrogen and oxygen atoms in total. The zero-order valence-corrected chi connectivity index (χ0v) is 12.1. The van der Waals surface area contributed by atoms with Crippen molar-refractivity contribution in [2.75, 3.05) is 12.3 Å². The molecule has 0 aliphatic rings. The van der Waals surface area contributed by atoms with Crippen molar-refractivity contribution in [3.63, 3.8) is 0 Å². The highest BCUT2D eigenvalue weighted by Gasteiger charge is 2.12. The maximum Gasteiger partial charge on any atom is 0.251 e. The van der Waals surface area contributed by atoms with Gasteiger partial charge in [-0.1, -0.05) is 49.9 Å². The standard InChI is InChI=1S/C13H18Cl2N2O/c1-3-8(4-2)7-17-13(18)9-5-10(14)12(16)11(15)6-9/h5-6,8H,3-4,7,16H2,1-2H3,(H,17,18). The largest absolute Gasteiger partial charge is 0.396 e. The van der Waals surface area contributed by atoms with E-state index in [4.69, 9.17) is 28.9 Å². The number of amides is 1. The zero-order chi connectivity index (χ0) is 13.7. The molecule has 0 atom stereocenters. The molecule has 0 aliphatic heterocycles. The summed E-state index contributed by atoms with van der Waals surface area (Å²) in [5.41, 5.74) is 6.36. The molecule has 1 rings (SSSR count). The number of anilines is 1. The van der Waals surface area contributed by atoms with Gasteiger partial charge in [0.1, 0.15) is 0 Å². The van der Waals surface area contributed by atoms with Crippen LogP contribution < -0.4 is 11.1 Å². The lowest BCUT2D eigenvalue weighted by atomic mass is 10.0. The average Bonchev–Trinajstić information content (AvgIpc) is 2.36. The molecule has 0 aliphatic carbocycles. The zero-order valence-electron chi connectivity index (χ0n) is 10.6. The molecular formula is C13H18Cl2N2O. The topological polar surface area (TPSA) is 55.1 Å². The number of rotatable bonds is 5. The van der Waals surface area contributed by atoms with Gasteiger partial charge in [0.2, 0.25) is 0 Å². The summed E-state index contributed by atoms with van der Waals surface area (Å²) in [6, 6.07) is 3.07. The molecule has 0 spiro atoms. The fourth-order valence-electron chi connectivity index (χ4n) is 1.63. The third kappa shape index (κ3) is 3.79. The Morgan fingerprint density at radius 1 is 1.28 bits per heavy atom. The van der Waals surface area contributed by atoms with E-state index in [1.54, 1.807) is 0 Å². The van der Waals surface area contributed by atoms with Crippen LogP contribution in [0.2, 0.25) is 10.0 Å². The minimum atomic E-state index is -0.175. The average molecular weight is 289 g/mol. The molecule has 1 amide bonds. The van der Waals surface area contributed by atoms with Crippen molar-refractivity contribution in [1.82, 2.24) is 5.32 Å². The second-order valence-corrected chi connectivity index (χ2v) is 5.06. The molecule has 0 saturated carbocycles. The van der Waals surface area contributed by atoms with Crippen LogP contribution in [0.4, 0.5) is 5.69 Å². The lowest BCUT2D eigenvalue weighted by Gasteiger charge is -2.13. The van der Waals surface area contributed by atoms with Crippen LogP contribution in [0.5, 0.6) is 0 Å². The van der Waals surface area contributed by atoms with Crippen LogP contribution in [-0.4, -0.2) is 12.5 Å². The molecule has 0 aromatic heterocycles. The van der Waals surface area contributed by atoms with Gasteiger partial charge < -0.3 is 11.1 Å². The first-order valence-corrected chi connectivity index (χ1v) is 6.77. The number of nitrogen functional groups attached to an aromatic ring is 1. The van der Waals surface area contributed by atoms with E-state index in [0.717, 1.165) is 12.8 Å². The number of hydrogen-bond donors (Lipinski definition) is 2. The Kier molecular flexibility index (Phi) is 5.76. The maximum atomic E-state index is 11.9. The number of hydrogen-bond acceptors (Lipinski definition) is 2. The molecule has 0 saturated heterocycles. The lowest BCUT2D eigenvalue weighted by Crippen LogP contribution is -2.28. The van der Waals surface area contributed by atoms with Gasteiger partial charge in [-0.2, -0.15) is 0 Å². The Morgan fingerprint density at radius 2 is 1.78 bits per heavy atom. The van der Waals surface area contributed by atoms with Crippen LogP contribution in [0.1, 0.15) is 37.0 Å². The number of carbonyl (C=O) groups is 1. The quantitative estimate of drug-likeness (QED) is 0.811. The van der Waals surface area contributed by atoms with Crippen molar-refractivity contribution in [2.24, 2.45) is 5.92 Å². The van der Waals surface area contributed by atoms with E-state index in [2.05, 4.69) is 19.2 Å². The number of nitrogens with two attached hydrogens (primary N) is 1. The smallest absolute Gasteiger partial charge is 0.251 e. The van der Waals surface area contributed by atoms with Crippen molar-refractivity contribution in [1.29, 1.82) is 0 Å². The van der Waals surface area contributed by atoms with Gasteiger partial charge in [-0.15, -0.1) is 0 Å². The van der Waals surface area contributed by atoms with Crippen molar-refractivity contribution >= 4 is 34.8 Å². The fourth-order valence-corrected chi connectivity index (χ4v) is 2.12. The van der Waals surface area contributed by atoms with Gasteiger partial charge in [-0.05, 0) is 18.1 Å². The number of halogens is 2. The summed E-state index contributed by atoms with van der Waals surface area (Å²) in [6.07, 6.45) is 2.08. The fraction of sp³-hybridized carbons (Fsp3) is 0.462. The van der Waals surface area contributed by atoms with Gasteiger partial charge in [0.25, 0.3) is 5.91 Å². The summed E-state index contributed by atoms with van der Waals surface area (Å²) in [7, 11) is 0. The van der Waals surface area contributed by atoms with E-state index in [1.807, 2.05) is 0 Å². The predicted octanol–water partition coefficient (Wildman–Crippen LogP) is 3.74. The summed E-state index contributed by atoms with van der Waals surface area (Å²) in [4.78, 5) is 11.9. The summed E-state index contributed by atoms with van der Waals surface area (Å²) in [5.74, 6) is 0.319. The molecule has 0 heterocycles. The van der Waals surface area contributed by atoms with Crippen molar-refractivity contribution in [3.05, 3.63) is 27.7 Å². The summed E-state index contributed by atoms with van der Waals surface area (Å²) in [5, 5.41) is 3.48. The van der Waals surface area contributed by atoms with E-state index in [9.17, 15) is 4.79 Å². The van der Waals surface area contributed by atoms with E-state index in [-0.39, 0.29) is 5.91 Å². The molecule has 100 valence electrons. The second kappa shape index (κ2) is 6.86. The summed E-state index contributed by atoms with van der Waals surface area (Å²) >= 11 is 11.8. The van der Waals surface area contributed by atoms with E-state index < -0.39 is 0 Å². The Balaban J connectivity index is 2.73. The van der Waals surface area contributed by atoms with Crippen LogP contribution in [0.3, 0.4) is 0 Å².